The molecular formula is C16H23N3O. The average molecular weight is 273 g/mol. The van der Waals surface area contributed by atoms with E-state index in [-0.39, 0.29) is 0 Å². The van der Waals surface area contributed by atoms with Crippen molar-refractivity contribution in [2.45, 2.75) is 13.0 Å². The number of methoxy groups -OCH3 is 1. The van der Waals surface area contributed by atoms with Crippen molar-refractivity contribution in [3.05, 3.63) is 30.0 Å². The van der Waals surface area contributed by atoms with E-state index in [0.717, 1.165) is 31.9 Å². The molecule has 0 radical (unpaired) electrons. The first-order valence-corrected chi connectivity index (χ1v) is 7.33. The highest BCUT2D eigenvalue weighted by molar-refractivity contribution is 5.85. The summed E-state index contributed by atoms with van der Waals surface area (Å²) < 4.78 is 7.52. The van der Waals surface area contributed by atoms with Gasteiger partial charge < -0.3 is 14.6 Å². The standard InChI is InChI=1S/C16H23N3O/c1-18-11-13(12-19-8-3-6-17-7-9-19)15-5-4-14(20-2)10-16(15)18/h4-5,10-11,17H,3,6-9,12H2,1-2H3. The van der Waals surface area contributed by atoms with Gasteiger partial charge in [-0.1, -0.05) is 0 Å². The summed E-state index contributed by atoms with van der Waals surface area (Å²) in [6, 6.07) is 6.35. The molecule has 20 heavy (non-hydrogen) atoms. The molecule has 0 saturated carbocycles. The summed E-state index contributed by atoms with van der Waals surface area (Å²) in [7, 11) is 3.82. The van der Waals surface area contributed by atoms with Gasteiger partial charge in [0.2, 0.25) is 0 Å². The van der Waals surface area contributed by atoms with Gasteiger partial charge in [-0.2, -0.15) is 0 Å². The van der Waals surface area contributed by atoms with E-state index in [0.29, 0.717) is 0 Å². The van der Waals surface area contributed by atoms with Gasteiger partial charge in [-0.15, -0.1) is 0 Å². The van der Waals surface area contributed by atoms with E-state index in [9.17, 15) is 0 Å². The summed E-state index contributed by atoms with van der Waals surface area (Å²) in [5.41, 5.74) is 2.65. The minimum atomic E-state index is 0.921. The fourth-order valence-electron chi connectivity index (χ4n) is 3.00. The Kier molecular flexibility index (Phi) is 3.94. The van der Waals surface area contributed by atoms with Crippen LogP contribution < -0.4 is 10.1 Å². The third-order valence-corrected chi connectivity index (χ3v) is 4.11. The summed E-state index contributed by atoms with van der Waals surface area (Å²) in [5, 5.41) is 4.80. The SMILES string of the molecule is COc1ccc2c(CN3CCCNCC3)cn(C)c2c1. The van der Waals surface area contributed by atoms with Gasteiger partial charge in [0.05, 0.1) is 12.6 Å². The number of aryl methyl sites for hydroxylation is 1. The van der Waals surface area contributed by atoms with Crippen molar-refractivity contribution < 1.29 is 4.74 Å². The summed E-state index contributed by atoms with van der Waals surface area (Å²) in [6.07, 6.45) is 3.49. The van der Waals surface area contributed by atoms with Gasteiger partial charge in [-0.3, -0.25) is 4.90 Å². The van der Waals surface area contributed by atoms with Gasteiger partial charge >= 0.3 is 0 Å². The number of rotatable bonds is 3. The van der Waals surface area contributed by atoms with Crippen molar-refractivity contribution in [1.29, 1.82) is 0 Å². The molecular weight excluding hydrogens is 250 g/mol. The van der Waals surface area contributed by atoms with Crippen molar-refractivity contribution in [1.82, 2.24) is 14.8 Å². The van der Waals surface area contributed by atoms with Crippen LogP contribution in [0.2, 0.25) is 0 Å². The van der Waals surface area contributed by atoms with Crippen LogP contribution in [0.1, 0.15) is 12.0 Å². The van der Waals surface area contributed by atoms with Crippen molar-refractivity contribution in [2.75, 3.05) is 33.3 Å². The lowest BCUT2D eigenvalue weighted by Crippen LogP contribution is -2.27. The lowest BCUT2D eigenvalue weighted by molar-refractivity contribution is 0.285. The van der Waals surface area contributed by atoms with Crippen molar-refractivity contribution >= 4 is 10.9 Å². The Morgan fingerprint density at radius 3 is 3.00 bits per heavy atom. The van der Waals surface area contributed by atoms with Crippen molar-refractivity contribution in [3.8, 4) is 5.75 Å². The van der Waals surface area contributed by atoms with Crippen LogP contribution in [-0.2, 0) is 13.6 Å². The summed E-state index contributed by atoms with van der Waals surface area (Å²) in [6.45, 7) is 5.58. The van der Waals surface area contributed by atoms with E-state index in [1.165, 1.54) is 29.4 Å². The Bertz CT molecular complexity index is 583. The molecule has 1 fully saturated rings. The van der Waals surface area contributed by atoms with E-state index in [2.05, 4.69) is 46.2 Å². The Morgan fingerprint density at radius 1 is 1.25 bits per heavy atom. The highest BCUT2D eigenvalue weighted by Crippen LogP contribution is 2.26. The first-order valence-electron chi connectivity index (χ1n) is 7.33. The van der Waals surface area contributed by atoms with Crippen LogP contribution in [0.5, 0.6) is 5.75 Å². The lowest BCUT2D eigenvalue weighted by Gasteiger charge is -2.18. The fraction of sp³-hybridized carbons (Fsp3) is 0.500. The number of ether oxygens (including phenoxy) is 1. The van der Waals surface area contributed by atoms with Gasteiger partial charge in [-0.05, 0) is 37.2 Å². The second-order valence-electron chi connectivity index (χ2n) is 5.53. The van der Waals surface area contributed by atoms with E-state index in [1.54, 1.807) is 7.11 Å². The number of hydrogen-bond acceptors (Lipinski definition) is 3. The average Bonchev–Trinajstić information content (AvgIpc) is 2.66. The van der Waals surface area contributed by atoms with Crippen LogP contribution in [0.15, 0.2) is 24.4 Å². The van der Waals surface area contributed by atoms with Crippen LogP contribution >= 0.6 is 0 Å². The minimum absolute atomic E-state index is 0.921. The molecule has 1 aliphatic rings. The predicted octanol–water partition coefficient (Wildman–Crippen LogP) is 1.98. The first-order chi connectivity index (χ1) is 9.78. The molecule has 0 aliphatic carbocycles. The number of nitrogens with one attached hydrogen (secondary N) is 1. The fourth-order valence-corrected chi connectivity index (χ4v) is 3.00. The summed E-state index contributed by atoms with van der Waals surface area (Å²) >= 11 is 0. The molecule has 1 N–H and O–H groups in total. The normalized spacial score (nSPS) is 17.3. The van der Waals surface area contributed by atoms with Crippen molar-refractivity contribution in [3.63, 3.8) is 0 Å². The zero-order chi connectivity index (χ0) is 13.9. The molecule has 2 aromatic rings. The van der Waals surface area contributed by atoms with Crippen LogP contribution in [0.4, 0.5) is 0 Å². The second-order valence-corrected chi connectivity index (χ2v) is 5.53. The topological polar surface area (TPSA) is 29.4 Å². The monoisotopic (exact) mass is 273 g/mol. The maximum absolute atomic E-state index is 5.32. The zero-order valence-corrected chi connectivity index (χ0v) is 12.4. The molecule has 0 amide bonds. The van der Waals surface area contributed by atoms with Crippen LogP contribution in [-0.4, -0.2) is 42.8 Å². The quantitative estimate of drug-likeness (QED) is 0.927. The molecule has 1 aliphatic heterocycles. The third kappa shape index (κ3) is 2.67. The molecule has 1 aromatic carbocycles. The van der Waals surface area contributed by atoms with Gasteiger partial charge in [0.1, 0.15) is 5.75 Å². The summed E-state index contributed by atoms with van der Waals surface area (Å²) in [4.78, 5) is 2.54. The molecule has 3 rings (SSSR count). The second kappa shape index (κ2) is 5.85. The van der Waals surface area contributed by atoms with E-state index < -0.39 is 0 Å². The van der Waals surface area contributed by atoms with Gasteiger partial charge in [0.25, 0.3) is 0 Å². The highest BCUT2D eigenvalue weighted by Gasteiger charge is 2.13. The molecule has 0 unspecified atom stereocenters. The number of nitrogens with zero attached hydrogens (tertiary/aromatic N) is 2. The van der Waals surface area contributed by atoms with Crippen LogP contribution in [0.3, 0.4) is 0 Å². The first kappa shape index (κ1) is 13.5. The van der Waals surface area contributed by atoms with Gasteiger partial charge in [-0.25, -0.2) is 0 Å². The van der Waals surface area contributed by atoms with Gasteiger partial charge in [0.15, 0.2) is 0 Å². The molecule has 0 spiro atoms. The Labute approximate surface area is 120 Å². The van der Waals surface area contributed by atoms with Crippen LogP contribution in [0.25, 0.3) is 10.9 Å². The van der Waals surface area contributed by atoms with Crippen molar-refractivity contribution in [2.24, 2.45) is 7.05 Å². The maximum Gasteiger partial charge on any atom is 0.120 e. The van der Waals surface area contributed by atoms with Crippen LogP contribution in [0, 0.1) is 0 Å². The minimum Gasteiger partial charge on any atom is -0.497 e. The lowest BCUT2D eigenvalue weighted by atomic mass is 10.1. The molecule has 2 heterocycles. The third-order valence-electron chi connectivity index (χ3n) is 4.11. The predicted molar refractivity (Wildman–Crippen MR) is 82.2 cm³/mol. The smallest absolute Gasteiger partial charge is 0.120 e. The van der Waals surface area contributed by atoms with E-state index in [1.807, 2.05) is 0 Å². The largest absolute Gasteiger partial charge is 0.497 e. The molecule has 108 valence electrons. The highest BCUT2D eigenvalue weighted by atomic mass is 16.5. The van der Waals surface area contributed by atoms with Gasteiger partial charge in [0, 0.05) is 44.3 Å². The number of benzene rings is 1. The number of hydrogen-bond donors (Lipinski definition) is 1. The summed E-state index contributed by atoms with van der Waals surface area (Å²) in [5.74, 6) is 0.921. The molecule has 4 heteroatoms. The molecule has 1 saturated heterocycles. The number of fused-ring (bicyclic) bond motifs is 1. The van der Waals surface area contributed by atoms with E-state index in [4.69, 9.17) is 4.74 Å². The van der Waals surface area contributed by atoms with E-state index >= 15 is 0 Å². The Morgan fingerprint density at radius 2 is 2.15 bits per heavy atom. The molecule has 4 nitrogen and oxygen atoms in total. The zero-order valence-electron chi connectivity index (χ0n) is 12.4. The molecule has 0 bridgehead atoms. The maximum atomic E-state index is 5.32. The number of aromatic nitrogens is 1. The Balaban J connectivity index is 1.87. The molecule has 0 atom stereocenters. The Hall–Kier alpha value is -1.52. The molecule has 1 aromatic heterocycles.